The highest BCUT2D eigenvalue weighted by Crippen LogP contribution is 2.50. The van der Waals surface area contributed by atoms with Gasteiger partial charge in [0.05, 0.1) is 25.7 Å². The SMILES string of the molecule is CC(C)(C)CC[C@H](c1ccc(C(=O)NCCC(=O)O)cc1)N1C(=O)C(N2CCOCC2)=NC12CCC(C(C)(C)C)CC2. The summed E-state index contributed by atoms with van der Waals surface area (Å²) in [5, 5.41) is 11.6. The van der Waals surface area contributed by atoms with Crippen molar-refractivity contribution in [3.05, 3.63) is 35.4 Å². The van der Waals surface area contributed by atoms with E-state index in [9.17, 15) is 14.4 Å². The third-order valence-corrected chi connectivity index (χ3v) is 9.16. The highest BCUT2D eigenvalue weighted by Gasteiger charge is 2.53. The van der Waals surface area contributed by atoms with E-state index in [1.165, 1.54) is 0 Å². The number of benzene rings is 1. The van der Waals surface area contributed by atoms with E-state index in [0.717, 1.165) is 44.1 Å². The predicted octanol–water partition coefficient (Wildman–Crippen LogP) is 5.26. The third-order valence-electron chi connectivity index (χ3n) is 9.16. The van der Waals surface area contributed by atoms with E-state index in [1.54, 1.807) is 12.1 Å². The Labute approximate surface area is 251 Å². The molecule has 1 aromatic rings. The molecule has 1 aromatic carbocycles. The molecule has 2 N–H and O–H groups in total. The van der Waals surface area contributed by atoms with Crippen LogP contribution < -0.4 is 5.32 Å². The smallest absolute Gasteiger partial charge is 0.305 e. The minimum atomic E-state index is -0.952. The van der Waals surface area contributed by atoms with Crippen molar-refractivity contribution in [2.45, 2.75) is 98.2 Å². The lowest BCUT2D eigenvalue weighted by molar-refractivity contribution is -0.137. The molecule has 3 aliphatic rings. The summed E-state index contributed by atoms with van der Waals surface area (Å²) < 4.78 is 5.59. The molecule has 1 saturated carbocycles. The van der Waals surface area contributed by atoms with Crippen LogP contribution in [0.3, 0.4) is 0 Å². The van der Waals surface area contributed by atoms with E-state index in [2.05, 4.69) is 56.7 Å². The van der Waals surface area contributed by atoms with Crippen LogP contribution in [0, 0.1) is 16.7 Å². The van der Waals surface area contributed by atoms with Crippen LogP contribution in [-0.2, 0) is 14.3 Å². The van der Waals surface area contributed by atoms with Crippen molar-refractivity contribution in [1.82, 2.24) is 15.1 Å². The van der Waals surface area contributed by atoms with Gasteiger partial charge in [-0.25, -0.2) is 4.99 Å². The van der Waals surface area contributed by atoms with Gasteiger partial charge in [-0.1, -0.05) is 53.7 Å². The topological polar surface area (TPSA) is 112 Å². The Morgan fingerprint density at radius 3 is 2.24 bits per heavy atom. The highest BCUT2D eigenvalue weighted by molar-refractivity contribution is 6.39. The van der Waals surface area contributed by atoms with Gasteiger partial charge in [0.25, 0.3) is 11.8 Å². The largest absolute Gasteiger partial charge is 0.481 e. The second-order valence-electron chi connectivity index (χ2n) is 14.5. The quantitative estimate of drug-likeness (QED) is 0.432. The van der Waals surface area contributed by atoms with E-state index in [0.29, 0.717) is 43.6 Å². The first kappa shape index (κ1) is 32.0. The Morgan fingerprint density at radius 2 is 1.69 bits per heavy atom. The summed E-state index contributed by atoms with van der Waals surface area (Å²) in [5.41, 5.74) is 1.17. The zero-order valence-corrected chi connectivity index (χ0v) is 26.4. The van der Waals surface area contributed by atoms with Crippen molar-refractivity contribution in [2.24, 2.45) is 21.7 Å². The number of carboxylic acid groups (broad SMARTS) is 1. The van der Waals surface area contributed by atoms with Gasteiger partial charge < -0.3 is 25.0 Å². The van der Waals surface area contributed by atoms with Gasteiger partial charge in [0, 0.05) is 25.2 Å². The molecular formula is C33H50N4O5. The Morgan fingerprint density at radius 1 is 1.07 bits per heavy atom. The summed E-state index contributed by atoms with van der Waals surface area (Å²) in [7, 11) is 0. The van der Waals surface area contributed by atoms with E-state index < -0.39 is 11.6 Å². The Balaban J connectivity index is 1.67. The molecule has 232 valence electrons. The molecule has 1 saturated heterocycles. The van der Waals surface area contributed by atoms with Crippen LogP contribution in [0.5, 0.6) is 0 Å². The minimum absolute atomic E-state index is 0.000470. The molecule has 0 unspecified atom stereocenters. The van der Waals surface area contributed by atoms with E-state index in [1.807, 2.05) is 12.1 Å². The summed E-state index contributed by atoms with van der Waals surface area (Å²) in [6, 6.07) is 7.28. The standard InChI is InChI=1S/C33H50N4O5/c1-31(2,3)15-13-26(23-7-9-24(10-8-23)29(40)34-18-14-27(38)39)37-30(41)28(36-19-21-42-22-20-36)35-33(37)16-11-25(12-17-33)32(4,5)6/h7-10,25-26H,11-22H2,1-6H3,(H,34,40)(H,38,39)/t25?,26-,33?/m1/s1. The van der Waals surface area contributed by atoms with Gasteiger partial charge in [-0.3, -0.25) is 14.4 Å². The number of carbonyl (C=O) groups excluding carboxylic acids is 2. The van der Waals surface area contributed by atoms with Crippen LogP contribution in [0.1, 0.15) is 108 Å². The van der Waals surface area contributed by atoms with E-state index >= 15 is 0 Å². The maximum absolute atomic E-state index is 14.4. The number of hydrogen-bond acceptors (Lipinski definition) is 6. The summed E-state index contributed by atoms with van der Waals surface area (Å²) in [6.45, 7) is 16.2. The normalized spacial score (nSPS) is 24.1. The van der Waals surface area contributed by atoms with Crippen LogP contribution in [-0.4, -0.2) is 77.0 Å². The fraction of sp³-hybridized carbons (Fsp3) is 0.697. The van der Waals surface area contributed by atoms with E-state index in [-0.39, 0.29) is 41.7 Å². The number of aliphatic imine (C=N–C) groups is 1. The van der Waals surface area contributed by atoms with Gasteiger partial charge in [-0.05, 0) is 73.0 Å². The molecule has 0 bridgehead atoms. The number of amides is 2. The number of carboxylic acids is 1. The molecule has 1 atom stereocenters. The van der Waals surface area contributed by atoms with E-state index in [4.69, 9.17) is 14.8 Å². The predicted molar refractivity (Wildman–Crippen MR) is 163 cm³/mol. The van der Waals surface area contributed by atoms with Crippen LogP contribution in [0.25, 0.3) is 0 Å². The number of nitrogens with zero attached hydrogens (tertiary/aromatic N) is 3. The maximum Gasteiger partial charge on any atom is 0.305 e. The number of amidine groups is 1. The number of rotatable bonds is 8. The molecule has 0 aromatic heterocycles. The summed E-state index contributed by atoms with van der Waals surface area (Å²) in [4.78, 5) is 47.5. The highest BCUT2D eigenvalue weighted by atomic mass is 16.5. The average Bonchev–Trinajstić information content (AvgIpc) is 3.20. The first-order chi connectivity index (χ1) is 19.7. The molecule has 4 rings (SSSR count). The molecule has 2 aliphatic heterocycles. The monoisotopic (exact) mass is 582 g/mol. The maximum atomic E-state index is 14.4. The number of hydrogen-bond donors (Lipinski definition) is 2. The molecule has 0 radical (unpaired) electrons. The van der Waals surface area contributed by atoms with Gasteiger partial charge in [-0.15, -0.1) is 0 Å². The molecule has 2 heterocycles. The average molecular weight is 583 g/mol. The molecule has 1 spiro atoms. The lowest BCUT2D eigenvalue weighted by Gasteiger charge is -2.47. The van der Waals surface area contributed by atoms with Gasteiger partial charge in [0.15, 0.2) is 5.84 Å². The Kier molecular flexibility index (Phi) is 9.70. The number of aliphatic carboxylic acids is 1. The second-order valence-corrected chi connectivity index (χ2v) is 14.5. The van der Waals surface area contributed by atoms with Crippen LogP contribution in [0.2, 0.25) is 0 Å². The zero-order valence-electron chi connectivity index (χ0n) is 26.4. The number of ether oxygens (including phenoxy) is 1. The Bertz CT molecular complexity index is 1150. The van der Waals surface area contributed by atoms with Crippen molar-refractivity contribution >= 4 is 23.6 Å². The molecular weight excluding hydrogens is 532 g/mol. The molecule has 42 heavy (non-hydrogen) atoms. The molecule has 2 amide bonds. The summed E-state index contributed by atoms with van der Waals surface area (Å²) in [5.74, 6) is -0.106. The van der Waals surface area contributed by atoms with Crippen molar-refractivity contribution in [3.63, 3.8) is 0 Å². The van der Waals surface area contributed by atoms with Crippen molar-refractivity contribution in [1.29, 1.82) is 0 Å². The zero-order chi connectivity index (χ0) is 30.7. The molecule has 9 heteroatoms. The van der Waals surface area contributed by atoms with Crippen LogP contribution >= 0.6 is 0 Å². The first-order valence-corrected chi connectivity index (χ1v) is 15.6. The fourth-order valence-electron chi connectivity index (χ4n) is 6.56. The lowest BCUT2D eigenvalue weighted by atomic mass is 9.69. The number of morpholine rings is 1. The lowest BCUT2D eigenvalue weighted by Crippen LogP contribution is -2.52. The van der Waals surface area contributed by atoms with Crippen LogP contribution in [0.15, 0.2) is 29.3 Å². The second kappa shape index (κ2) is 12.7. The number of carbonyl (C=O) groups is 3. The van der Waals surface area contributed by atoms with Gasteiger partial charge >= 0.3 is 5.97 Å². The van der Waals surface area contributed by atoms with Gasteiger partial charge in [-0.2, -0.15) is 0 Å². The first-order valence-electron chi connectivity index (χ1n) is 15.6. The number of nitrogens with one attached hydrogen (secondary N) is 1. The summed E-state index contributed by atoms with van der Waals surface area (Å²) in [6.07, 6.45) is 5.31. The molecule has 1 aliphatic carbocycles. The molecule has 2 fully saturated rings. The van der Waals surface area contributed by atoms with Crippen LogP contribution in [0.4, 0.5) is 0 Å². The molecule has 9 nitrogen and oxygen atoms in total. The fourth-order valence-corrected chi connectivity index (χ4v) is 6.56. The van der Waals surface area contributed by atoms with Crippen molar-refractivity contribution in [2.75, 3.05) is 32.8 Å². The summed E-state index contributed by atoms with van der Waals surface area (Å²) >= 11 is 0. The van der Waals surface area contributed by atoms with Crippen molar-refractivity contribution in [3.8, 4) is 0 Å². The van der Waals surface area contributed by atoms with Crippen molar-refractivity contribution < 1.29 is 24.2 Å². The third kappa shape index (κ3) is 7.52. The minimum Gasteiger partial charge on any atom is -0.481 e. The Hall–Kier alpha value is -2.94. The van der Waals surface area contributed by atoms with Gasteiger partial charge in [0.1, 0.15) is 5.66 Å². The van der Waals surface area contributed by atoms with Gasteiger partial charge in [0.2, 0.25) is 0 Å².